The van der Waals surface area contributed by atoms with E-state index in [4.69, 9.17) is 11.6 Å². The molecule has 0 bridgehead atoms. The zero-order valence-corrected chi connectivity index (χ0v) is 13.3. The van der Waals surface area contributed by atoms with Gasteiger partial charge in [0.05, 0.1) is 12.0 Å². The molecule has 0 aromatic heterocycles. The van der Waals surface area contributed by atoms with Crippen LogP contribution in [0.5, 0.6) is 0 Å². The largest absolute Gasteiger partial charge is 0.326 e. The van der Waals surface area contributed by atoms with Crippen LogP contribution >= 0.6 is 11.6 Å². The number of aryl methyl sites for hydroxylation is 1. The molecule has 1 aliphatic heterocycles. The maximum Gasteiger partial charge on any atom is 0.230 e. The molecule has 0 spiro atoms. The third kappa shape index (κ3) is 3.52. The summed E-state index contributed by atoms with van der Waals surface area (Å²) in [6.07, 6.45) is 0. The van der Waals surface area contributed by atoms with Crippen LogP contribution in [-0.4, -0.2) is 12.5 Å². The summed E-state index contributed by atoms with van der Waals surface area (Å²) in [5.74, 6) is -0.800. The van der Waals surface area contributed by atoms with Gasteiger partial charge in [-0.1, -0.05) is 29.8 Å². The molecule has 1 fully saturated rings. The van der Waals surface area contributed by atoms with Crippen LogP contribution in [0, 0.1) is 18.7 Å². The molecule has 3 rings (SSSR count). The van der Waals surface area contributed by atoms with Crippen LogP contribution in [-0.2, 0) is 4.79 Å². The Morgan fingerprint density at radius 1 is 1.26 bits per heavy atom. The summed E-state index contributed by atoms with van der Waals surface area (Å²) in [5, 5.41) is 3.43. The highest BCUT2D eigenvalue weighted by Crippen LogP contribution is 2.27. The predicted molar refractivity (Wildman–Crippen MR) is 88.6 cm³/mol. The van der Waals surface area contributed by atoms with Crippen LogP contribution in [0.4, 0.5) is 10.1 Å². The summed E-state index contributed by atoms with van der Waals surface area (Å²) in [5.41, 5.74) is 8.08. The van der Waals surface area contributed by atoms with Crippen molar-refractivity contribution in [2.24, 2.45) is 5.92 Å². The maximum absolute atomic E-state index is 13.6. The first-order chi connectivity index (χ1) is 11.0. The predicted octanol–water partition coefficient (Wildman–Crippen LogP) is 3.19. The molecule has 2 aromatic rings. The third-order valence-electron chi connectivity index (χ3n) is 3.99. The normalized spacial score (nSPS) is 20.5. The van der Waals surface area contributed by atoms with Crippen LogP contribution in [0.25, 0.3) is 0 Å². The number of hydrazine groups is 1. The smallest absolute Gasteiger partial charge is 0.230 e. The van der Waals surface area contributed by atoms with Gasteiger partial charge >= 0.3 is 0 Å². The summed E-state index contributed by atoms with van der Waals surface area (Å²) in [4.78, 5) is 12.5. The Labute approximate surface area is 139 Å². The third-order valence-corrected chi connectivity index (χ3v) is 4.24. The highest BCUT2D eigenvalue weighted by molar-refractivity contribution is 6.30. The molecule has 1 saturated heterocycles. The lowest BCUT2D eigenvalue weighted by Crippen LogP contribution is -2.29. The van der Waals surface area contributed by atoms with E-state index in [-0.39, 0.29) is 23.7 Å². The monoisotopic (exact) mass is 333 g/mol. The average Bonchev–Trinajstić information content (AvgIpc) is 3.01. The van der Waals surface area contributed by atoms with Gasteiger partial charge in [-0.2, -0.15) is 0 Å². The van der Waals surface area contributed by atoms with Crippen molar-refractivity contribution in [2.75, 3.05) is 11.9 Å². The Morgan fingerprint density at radius 2 is 2.00 bits per heavy atom. The Balaban J connectivity index is 1.75. The first-order valence-corrected chi connectivity index (χ1v) is 7.73. The quantitative estimate of drug-likeness (QED) is 0.808. The molecule has 2 atom stereocenters. The van der Waals surface area contributed by atoms with Gasteiger partial charge in [-0.3, -0.25) is 10.2 Å². The van der Waals surface area contributed by atoms with Crippen LogP contribution in [0.2, 0.25) is 5.02 Å². The topological polar surface area (TPSA) is 53.2 Å². The molecule has 4 nitrogen and oxygen atoms in total. The summed E-state index contributed by atoms with van der Waals surface area (Å²) in [6.45, 7) is 2.18. The molecule has 1 amide bonds. The van der Waals surface area contributed by atoms with Gasteiger partial charge in [0.1, 0.15) is 5.82 Å². The minimum Gasteiger partial charge on any atom is -0.326 e. The molecule has 6 heteroatoms. The molecule has 23 heavy (non-hydrogen) atoms. The molecule has 120 valence electrons. The second kappa shape index (κ2) is 6.66. The van der Waals surface area contributed by atoms with Crippen LogP contribution in [0.15, 0.2) is 42.5 Å². The second-order valence-corrected chi connectivity index (χ2v) is 6.05. The van der Waals surface area contributed by atoms with E-state index in [1.54, 1.807) is 31.2 Å². The number of hydrogen-bond donors (Lipinski definition) is 3. The molecule has 3 N–H and O–H groups in total. The molecule has 1 aliphatic rings. The van der Waals surface area contributed by atoms with Gasteiger partial charge in [-0.25, -0.2) is 9.82 Å². The lowest BCUT2D eigenvalue weighted by Gasteiger charge is -2.18. The van der Waals surface area contributed by atoms with Crippen molar-refractivity contribution in [3.05, 3.63) is 64.4 Å². The maximum atomic E-state index is 13.6. The van der Waals surface area contributed by atoms with E-state index >= 15 is 0 Å². The number of benzene rings is 2. The van der Waals surface area contributed by atoms with Crippen molar-refractivity contribution < 1.29 is 9.18 Å². The van der Waals surface area contributed by atoms with E-state index in [0.717, 1.165) is 5.56 Å². The van der Waals surface area contributed by atoms with Crippen molar-refractivity contribution in [1.82, 2.24) is 10.9 Å². The standard InChI is InChI=1S/C17H17ClFN3O/c1-10-2-7-13(8-15(10)19)21-17(23)14-9-20-22-16(14)11-3-5-12(18)6-4-11/h2-8,14,16,20,22H,9H2,1H3,(H,21,23). The fraction of sp³-hybridized carbons (Fsp3) is 0.235. The van der Waals surface area contributed by atoms with E-state index in [0.29, 0.717) is 22.8 Å². The SMILES string of the molecule is Cc1ccc(NC(=O)C2CNNC2c2ccc(Cl)cc2)cc1F. The zero-order chi connectivity index (χ0) is 16.4. The Kier molecular flexibility index (Phi) is 4.61. The number of anilines is 1. The number of halogens is 2. The van der Waals surface area contributed by atoms with Gasteiger partial charge in [-0.15, -0.1) is 0 Å². The zero-order valence-electron chi connectivity index (χ0n) is 12.6. The van der Waals surface area contributed by atoms with Gasteiger partial charge < -0.3 is 5.32 Å². The average molecular weight is 334 g/mol. The van der Waals surface area contributed by atoms with E-state index in [1.807, 2.05) is 12.1 Å². The van der Waals surface area contributed by atoms with E-state index in [9.17, 15) is 9.18 Å². The number of nitrogens with one attached hydrogen (secondary N) is 3. The minimum atomic E-state index is -0.334. The van der Waals surface area contributed by atoms with Crippen LogP contribution in [0.1, 0.15) is 17.2 Å². The van der Waals surface area contributed by atoms with Crippen molar-refractivity contribution in [2.45, 2.75) is 13.0 Å². The van der Waals surface area contributed by atoms with E-state index in [1.165, 1.54) is 6.07 Å². The Hall–Kier alpha value is -1.95. The Bertz CT molecular complexity index is 720. The van der Waals surface area contributed by atoms with Crippen molar-refractivity contribution in [3.63, 3.8) is 0 Å². The number of carbonyl (C=O) groups excluding carboxylic acids is 1. The summed E-state index contributed by atoms with van der Waals surface area (Å²) < 4.78 is 13.6. The lowest BCUT2D eigenvalue weighted by atomic mass is 9.94. The number of rotatable bonds is 3. The van der Waals surface area contributed by atoms with Crippen LogP contribution in [0.3, 0.4) is 0 Å². The first-order valence-electron chi connectivity index (χ1n) is 7.35. The second-order valence-electron chi connectivity index (χ2n) is 5.61. The molecule has 0 aliphatic carbocycles. The summed E-state index contributed by atoms with van der Waals surface area (Å²) in [7, 11) is 0. The van der Waals surface area contributed by atoms with Gasteiger partial charge in [0.15, 0.2) is 0 Å². The number of hydrogen-bond acceptors (Lipinski definition) is 3. The molecular formula is C17H17ClFN3O. The van der Waals surface area contributed by atoms with E-state index in [2.05, 4.69) is 16.2 Å². The van der Waals surface area contributed by atoms with Crippen molar-refractivity contribution >= 4 is 23.2 Å². The van der Waals surface area contributed by atoms with Crippen LogP contribution < -0.4 is 16.2 Å². The van der Waals surface area contributed by atoms with Gasteiger partial charge in [0.25, 0.3) is 0 Å². The highest BCUT2D eigenvalue weighted by atomic mass is 35.5. The first kappa shape index (κ1) is 15.9. The Morgan fingerprint density at radius 3 is 2.70 bits per heavy atom. The molecule has 0 radical (unpaired) electrons. The highest BCUT2D eigenvalue weighted by Gasteiger charge is 2.34. The lowest BCUT2D eigenvalue weighted by molar-refractivity contribution is -0.119. The molecule has 2 unspecified atom stereocenters. The summed E-state index contributed by atoms with van der Waals surface area (Å²) in [6, 6.07) is 11.9. The number of amides is 1. The molecule has 0 saturated carbocycles. The van der Waals surface area contributed by atoms with E-state index < -0.39 is 0 Å². The van der Waals surface area contributed by atoms with Crippen molar-refractivity contribution in [3.8, 4) is 0 Å². The number of carbonyl (C=O) groups is 1. The fourth-order valence-corrected chi connectivity index (χ4v) is 2.76. The van der Waals surface area contributed by atoms with Gasteiger partial charge in [-0.05, 0) is 42.3 Å². The minimum absolute atomic E-state index is 0.161. The summed E-state index contributed by atoms with van der Waals surface area (Å²) >= 11 is 5.90. The van der Waals surface area contributed by atoms with Gasteiger partial charge in [0.2, 0.25) is 5.91 Å². The van der Waals surface area contributed by atoms with Gasteiger partial charge in [0, 0.05) is 17.3 Å². The van der Waals surface area contributed by atoms with Crippen molar-refractivity contribution in [1.29, 1.82) is 0 Å². The fourth-order valence-electron chi connectivity index (χ4n) is 2.63. The molecular weight excluding hydrogens is 317 g/mol. The molecule has 1 heterocycles. The molecule has 2 aromatic carbocycles.